The van der Waals surface area contributed by atoms with Crippen LogP contribution in [0.4, 0.5) is 4.79 Å². The van der Waals surface area contributed by atoms with Crippen LogP contribution in [0.3, 0.4) is 0 Å². The lowest BCUT2D eigenvalue weighted by Crippen LogP contribution is -2.19. The Morgan fingerprint density at radius 2 is 2.14 bits per heavy atom. The van der Waals surface area contributed by atoms with Crippen LogP contribution in [0.2, 0.25) is 5.82 Å². The van der Waals surface area contributed by atoms with Gasteiger partial charge >= 0.3 is 0 Å². The van der Waals surface area contributed by atoms with E-state index in [4.69, 9.17) is 5.73 Å². The van der Waals surface area contributed by atoms with Crippen molar-refractivity contribution in [1.82, 2.24) is 0 Å². The number of hydrogen-bond donors (Lipinski definition) is 1. The first-order valence-electron chi connectivity index (χ1n) is 2.27. The summed E-state index contributed by atoms with van der Waals surface area (Å²) in [7, 11) is 1.47. The van der Waals surface area contributed by atoms with Gasteiger partial charge in [0.1, 0.15) is 0 Å². The standard InChI is InChI=1S/C4H9BNO/c1-3(2)5-4(6)7/h3H,1-2H3,(H2,6,7). The van der Waals surface area contributed by atoms with Gasteiger partial charge in [0.05, 0.1) is 0 Å². The summed E-state index contributed by atoms with van der Waals surface area (Å²) in [5.74, 6) is -0.0625. The van der Waals surface area contributed by atoms with Crippen LogP contribution in [0, 0.1) is 0 Å². The molecule has 1 amide bonds. The lowest BCUT2D eigenvalue weighted by Gasteiger charge is -1.92. The molecule has 0 heterocycles. The average molecular weight is 97.9 g/mol. The van der Waals surface area contributed by atoms with E-state index in [0.29, 0.717) is 0 Å². The topological polar surface area (TPSA) is 43.1 Å². The number of rotatable bonds is 2. The third-order valence-corrected chi connectivity index (χ3v) is 0.498. The number of hydrogen-bond acceptors (Lipinski definition) is 1. The SMILES string of the molecule is CC(C)[B]C(N)=O. The van der Waals surface area contributed by atoms with Crippen LogP contribution in [0.1, 0.15) is 13.8 Å². The van der Waals surface area contributed by atoms with Gasteiger partial charge in [-0.15, -0.1) is 0 Å². The molecular formula is C4H9BNO. The highest BCUT2D eigenvalue weighted by Crippen LogP contribution is 1.94. The van der Waals surface area contributed by atoms with E-state index in [1.807, 2.05) is 13.8 Å². The van der Waals surface area contributed by atoms with Crippen molar-refractivity contribution in [3.8, 4) is 0 Å². The van der Waals surface area contributed by atoms with Crippen LogP contribution < -0.4 is 5.73 Å². The van der Waals surface area contributed by atoms with Gasteiger partial charge in [-0.1, -0.05) is 19.7 Å². The van der Waals surface area contributed by atoms with E-state index in [1.54, 1.807) is 0 Å². The predicted octanol–water partition coefficient (Wildman–Crippen LogP) is 0.598. The maximum absolute atomic E-state index is 9.98. The molecule has 0 aliphatic rings. The molecule has 0 saturated carbocycles. The quantitative estimate of drug-likeness (QED) is 0.504. The van der Waals surface area contributed by atoms with E-state index in [0.717, 1.165) is 0 Å². The Kier molecular flexibility index (Phi) is 2.49. The maximum Gasteiger partial charge on any atom is 0.235 e. The summed E-state index contributed by atoms with van der Waals surface area (Å²) in [5.41, 5.74) is 4.80. The zero-order chi connectivity index (χ0) is 5.86. The molecule has 0 aromatic heterocycles. The molecule has 0 spiro atoms. The minimum atomic E-state index is -0.338. The van der Waals surface area contributed by atoms with Crippen molar-refractivity contribution in [2.24, 2.45) is 5.73 Å². The van der Waals surface area contributed by atoms with Crippen molar-refractivity contribution >= 4 is 13.1 Å². The summed E-state index contributed by atoms with van der Waals surface area (Å²) in [6, 6.07) is 0. The molecule has 2 N–H and O–H groups in total. The second-order valence-corrected chi connectivity index (χ2v) is 1.81. The van der Waals surface area contributed by atoms with Gasteiger partial charge in [0, 0.05) is 0 Å². The molecule has 0 rings (SSSR count). The molecule has 0 aliphatic heterocycles. The molecule has 3 heteroatoms. The maximum atomic E-state index is 9.98. The summed E-state index contributed by atoms with van der Waals surface area (Å²) < 4.78 is 0. The molecule has 39 valence electrons. The molecule has 7 heavy (non-hydrogen) atoms. The monoisotopic (exact) mass is 98.1 g/mol. The van der Waals surface area contributed by atoms with Crippen molar-refractivity contribution in [3.05, 3.63) is 0 Å². The van der Waals surface area contributed by atoms with Crippen molar-refractivity contribution in [2.45, 2.75) is 19.7 Å². The number of amides is 1. The highest BCUT2D eigenvalue weighted by molar-refractivity contribution is 6.74. The Balaban J connectivity index is 3.13. The van der Waals surface area contributed by atoms with Gasteiger partial charge in [0.2, 0.25) is 7.28 Å². The Labute approximate surface area is 44.3 Å². The normalized spacial score (nSPS) is 9.00. The molecule has 2 nitrogen and oxygen atoms in total. The Bertz CT molecular complexity index is 72.1. The summed E-state index contributed by atoms with van der Waals surface area (Å²) in [6.45, 7) is 3.82. The van der Waals surface area contributed by atoms with Gasteiger partial charge in [-0.3, -0.25) is 4.79 Å². The van der Waals surface area contributed by atoms with E-state index < -0.39 is 0 Å². The first-order valence-corrected chi connectivity index (χ1v) is 2.27. The Hall–Kier alpha value is -0.465. The zero-order valence-electron chi connectivity index (χ0n) is 4.64. The molecule has 0 aromatic rings. The van der Waals surface area contributed by atoms with Gasteiger partial charge in [-0.05, 0) is 0 Å². The first kappa shape index (κ1) is 6.53. The van der Waals surface area contributed by atoms with Crippen molar-refractivity contribution in [1.29, 1.82) is 0 Å². The predicted molar refractivity (Wildman–Crippen MR) is 30.4 cm³/mol. The largest absolute Gasteiger partial charge is 0.379 e. The average Bonchev–Trinajstić information content (AvgIpc) is 1.27. The molecule has 1 radical (unpaired) electrons. The van der Waals surface area contributed by atoms with Gasteiger partial charge in [-0.2, -0.15) is 0 Å². The number of primary amides is 1. The fraction of sp³-hybridized carbons (Fsp3) is 0.750. The van der Waals surface area contributed by atoms with Gasteiger partial charge in [0.15, 0.2) is 5.81 Å². The molecule has 0 saturated heterocycles. The summed E-state index contributed by atoms with van der Waals surface area (Å²) in [6.07, 6.45) is 0. The zero-order valence-corrected chi connectivity index (χ0v) is 4.64. The van der Waals surface area contributed by atoms with Gasteiger partial charge in [-0.25, -0.2) is 0 Å². The third-order valence-electron chi connectivity index (χ3n) is 0.498. The molecule has 0 atom stereocenters. The van der Waals surface area contributed by atoms with E-state index in [-0.39, 0.29) is 11.6 Å². The molecule has 0 fully saturated rings. The van der Waals surface area contributed by atoms with Crippen LogP contribution in [0.15, 0.2) is 0 Å². The van der Waals surface area contributed by atoms with Gasteiger partial charge < -0.3 is 5.73 Å². The fourth-order valence-electron chi connectivity index (χ4n) is 0.329. The van der Waals surface area contributed by atoms with Crippen LogP contribution in [-0.4, -0.2) is 13.1 Å². The van der Waals surface area contributed by atoms with E-state index in [2.05, 4.69) is 0 Å². The molecule has 0 bridgehead atoms. The van der Waals surface area contributed by atoms with Crippen molar-refractivity contribution in [3.63, 3.8) is 0 Å². The number of carbonyl (C=O) groups excluding carboxylic acids is 1. The smallest absolute Gasteiger partial charge is 0.235 e. The second-order valence-electron chi connectivity index (χ2n) is 1.81. The van der Waals surface area contributed by atoms with Crippen LogP contribution in [0.25, 0.3) is 0 Å². The highest BCUT2D eigenvalue weighted by Gasteiger charge is 2.00. The van der Waals surface area contributed by atoms with E-state index in [9.17, 15) is 4.79 Å². The fourth-order valence-corrected chi connectivity index (χ4v) is 0.329. The van der Waals surface area contributed by atoms with Crippen LogP contribution in [-0.2, 0) is 0 Å². The molecule has 0 unspecified atom stereocenters. The minimum Gasteiger partial charge on any atom is -0.379 e. The van der Waals surface area contributed by atoms with Gasteiger partial charge in [0.25, 0.3) is 0 Å². The summed E-state index contributed by atoms with van der Waals surface area (Å²) >= 11 is 0. The number of nitrogens with two attached hydrogens (primary N) is 1. The van der Waals surface area contributed by atoms with Crippen molar-refractivity contribution < 1.29 is 4.79 Å². The summed E-state index contributed by atoms with van der Waals surface area (Å²) in [5, 5.41) is 0. The first-order chi connectivity index (χ1) is 3.13. The molecule has 0 aliphatic carbocycles. The van der Waals surface area contributed by atoms with E-state index in [1.165, 1.54) is 7.28 Å². The lowest BCUT2D eigenvalue weighted by molar-refractivity contribution is 0.265. The third kappa shape index (κ3) is 5.53. The molecule has 0 aromatic carbocycles. The van der Waals surface area contributed by atoms with E-state index >= 15 is 0 Å². The minimum absolute atomic E-state index is 0.275. The van der Waals surface area contributed by atoms with Crippen LogP contribution in [0.5, 0.6) is 0 Å². The highest BCUT2D eigenvalue weighted by atomic mass is 16.1. The Morgan fingerprint density at radius 1 is 1.71 bits per heavy atom. The summed E-state index contributed by atoms with van der Waals surface area (Å²) in [4.78, 5) is 9.98. The number of carbonyl (C=O) groups is 1. The molecular weight excluding hydrogens is 88.9 g/mol. The second kappa shape index (κ2) is 2.67. The lowest BCUT2D eigenvalue weighted by atomic mass is 9.66. The Morgan fingerprint density at radius 3 is 2.14 bits per heavy atom. The van der Waals surface area contributed by atoms with Crippen molar-refractivity contribution in [2.75, 3.05) is 0 Å². The van der Waals surface area contributed by atoms with Crippen LogP contribution >= 0.6 is 0 Å².